The molecule has 0 radical (unpaired) electrons. The van der Waals surface area contributed by atoms with Crippen LogP contribution in [0.1, 0.15) is 12.8 Å². The second kappa shape index (κ2) is 7.35. The van der Waals surface area contributed by atoms with E-state index in [0.717, 1.165) is 17.3 Å². The largest absolute Gasteiger partial charge is 0.467 e. The molecule has 2 aromatic heterocycles. The van der Waals surface area contributed by atoms with Gasteiger partial charge in [-0.25, -0.2) is 9.37 Å². The molecule has 2 fully saturated rings. The van der Waals surface area contributed by atoms with Crippen LogP contribution in [0, 0.1) is 5.82 Å². The molecule has 0 spiro atoms. The van der Waals surface area contributed by atoms with Gasteiger partial charge in [0, 0.05) is 19.3 Å². The molecule has 4 heterocycles. The Morgan fingerprint density at radius 1 is 1.13 bits per heavy atom. The van der Waals surface area contributed by atoms with Crippen molar-refractivity contribution >= 4 is 22.5 Å². The van der Waals surface area contributed by atoms with E-state index in [1.165, 1.54) is 0 Å². The van der Waals surface area contributed by atoms with Crippen molar-refractivity contribution in [3.63, 3.8) is 0 Å². The molecular formula is C19H17ClF4N4O2. The summed E-state index contributed by atoms with van der Waals surface area (Å²) in [6.45, 7) is 7.99. The van der Waals surface area contributed by atoms with Gasteiger partial charge in [-0.3, -0.25) is 4.90 Å². The highest BCUT2D eigenvalue weighted by atomic mass is 35.5. The first-order valence-electron chi connectivity index (χ1n) is 8.99. The Labute approximate surface area is 174 Å². The Morgan fingerprint density at radius 2 is 1.80 bits per heavy atom. The first-order chi connectivity index (χ1) is 14.1. The van der Waals surface area contributed by atoms with Gasteiger partial charge in [0.25, 0.3) is 0 Å². The number of ether oxygens (including phenoxy) is 2. The summed E-state index contributed by atoms with van der Waals surface area (Å²) < 4.78 is 62.8. The predicted octanol–water partition coefficient (Wildman–Crippen LogP) is 4.10. The smallest absolute Gasteiger partial charge is 0.422 e. The van der Waals surface area contributed by atoms with Crippen LogP contribution in [0.25, 0.3) is 10.9 Å². The fraction of sp³-hybridized carbons (Fsp3) is 0.421. The molecule has 0 unspecified atom stereocenters. The number of pyridine rings is 1. The number of alkyl halides is 3. The van der Waals surface area contributed by atoms with Crippen molar-refractivity contribution in [2.75, 3.05) is 26.3 Å². The lowest BCUT2D eigenvalue weighted by molar-refractivity contribution is -0.153. The van der Waals surface area contributed by atoms with Gasteiger partial charge in [0.2, 0.25) is 5.88 Å². The van der Waals surface area contributed by atoms with Crippen LogP contribution >= 0.6 is 11.6 Å². The van der Waals surface area contributed by atoms with E-state index in [9.17, 15) is 17.6 Å². The molecule has 0 aromatic carbocycles. The quantitative estimate of drug-likeness (QED) is 0.393. The van der Waals surface area contributed by atoms with E-state index in [-0.39, 0.29) is 29.1 Å². The molecule has 0 amide bonds. The summed E-state index contributed by atoms with van der Waals surface area (Å²) in [6, 6.07) is -0.315. The van der Waals surface area contributed by atoms with E-state index in [2.05, 4.69) is 33.0 Å². The lowest BCUT2D eigenvalue weighted by atomic mass is 9.92. The maximum absolute atomic E-state index is 14.4. The number of aromatic nitrogens is 3. The van der Waals surface area contributed by atoms with E-state index in [0.29, 0.717) is 25.9 Å². The van der Waals surface area contributed by atoms with Crippen LogP contribution < -0.4 is 9.47 Å². The van der Waals surface area contributed by atoms with Gasteiger partial charge in [-0.05, 0) is 12.8 Å². The Hall–Kier alpha value is -2.46. The van der Waals surface area contributed by atoms with Gasteiger partial charge in [-0.2, -0.15) is 23.1 Å². The summed E-state index contributed by atoms with van der Waals surface area (Å²) in [5.41, 5.74) is 1.37. The zero-order valence-corrected chi connectivity index (χ0v) is 16.5. The number of rotatable bonds is 5. The number of hydrogen-bond donors (Lipinski definition) is 0. The standard InChI is InChI=1S/C19H17ClF4N4O2/c1-10-3-18(4-11(2)7-28(18)6-10)8-30-17-26-14-12(5-25-15(20)13(14)21)16(27-17)29-9-19(22,23)24/h5H,1-4,6-9H2. The lowest BCUT2D eigenvalue weighted by Crippen LogP contribution is -2.43. The molecule has 2 saturated heterocycles. The van der Waals surface area contributed by atoms with Crippen molar-refractivity contribution in [2.24, 2.45) is 0 Å². The molecule has 2 aliphatic rings. The van der Waals surface area contributed by atoms with E-state index < -0.39 is 29.6 Å². The van der Waals surface area contributed by atoms with Gasteiger partial charge in [-0.15, -0.1) is 0 Å². The summed E-state index contributed by atoms with van der Waals surface area (Å²) >= 11 is 5.69. The van der Waals surface area contributed by atoms with E-state index in [1.54, 1.807) is 0 Å². The van der Waals surface area contributed by atoms with Crippen LogP contribution in [0.5, 0.6) is 11.9 Å². The first kappa shape index (κ1) is 20.8. The molecular weight excluding hydrogens is 428 g/mol. The maximum Gasteiger partial charge on any atom is 0.422 e. The number of fused-ring (bicyclic) bond motifs is 2. The molecule has 0 N–H and O–H groups in total. The second-order valence-electron chi connectivity index (χ2n) is 7.56. The van der Waals surface area contributed by atoms with Crippen molar-refractivity contribution in [1.82, 2.24) is 19.9 Å². The van der Waals surface area contributed by atoms with Crippen molar-refractivity contribution in [3.05, 3.63) is 41.5 Å². The van der Waals surface area contributed by atoms with Crippen molar-refractivity contribution in [2.45, 2.75) is 24.6 Å². The maximum atomic E-state index is 14.4. The third-order valence-electron chi connectivity index (χ3n) is 5.09. The first-order valence-corrected chi connectivity index (χ1v) is 9.36. The monoisotopic (exact) mass is 444 g/mol. The highest BCUT2D eigenvalue weighted by molar-refractivity contribution is 6.30. The second-order valence-corrected chi connectivity index (χ2v) is 7.92. The molecule has 6 nitrogen and oxygen atoms in total. The minimum atomic E-state index is -4.61. The SMILES string of the molecule is C=C1CN2CC(=C)CC2(COc2nc(OCC(F)(F)F)c3cnc(Cl)c(F)c3n2)C1. The van der Waals surface area contributed by atoms with Crippen LogP contribution in [0.4, 0.5) is 17.6 Å². The van der Waals surface area contributed by atoms with Crippen molar-refractivity contribution in [3.8, 4) is 11.9 Å². The third-order valence-corrected chi connectivity index (χ3v) is 5.35. The molecule has 30 heavy (non-hydrogen) atoms. The molecule has 0 atom stereocenters. The summed E-state index contributed by atoms with van der Waals surface area (Å²) in [7, 11) is 0. The molecule has 2 aromatic rings. The Morgan fingerprint density at radius 3 is 2.43 bits per heavy atom. The summed E-state index contributed by atoms with van der Waals surface area (Å²) in [5, 5.41) is -0.616. The molecule has 11 heteroatoms. The molecule has 0 saturated carbocycles. The van der Waals surface area contributed by atoms with E-state index >= 15 is 0 Å². The Kier molecular flexibility index (Phi) is 5.09. The summed E-state index contributed by atoms with van der Waals surface area (Å²) in [5.74, 6) is -1.49. The molecule has 4 rings (SSSR count). The van der Waals surface area contributed by atoms with Crippen LogP contribution in [-0.2, 0) is 0 Å². The Bertz CT molecular complexity index is 1020. The highest BCUT2D eigenvalue weighted by Crippen LogP contribution is 2.42. The van der Waals surface area contributed by atoms with Gasteiger partial charge in [0.1, 0.15) is 12.1 Å². The lowest BCUT2D eigenvalue weighted by Gasteiger charge is -2.30. The molecule has 0 bridgehead atoms. The Balaban J connectivity index is 1.66. The minimum Gasteiger partial charge on any atom is -0.467 e. The summed E-state index contributed by atoms with van der Waals surface area (Å²) in [4.78, 5) is 13.7. The van der Waals surface area contributed by atoms with Gasteiger partial charge in [-0.1, -0.05) is 35.9 Å². The molecule has 0 aliphatic carbocycles. The summed E-state index contributed by atoms with van der Waals surface area (Å²) in [6.07, 6.45) is -2.19. The van der Waals surface area contributed by atoms with Crippen LogP contribution in [-0.4, -0.2) is 57.9 Å². The topological polar surface area (TPSA) is 60.4 Å². The van der Waals surface area contributed by atoms with Gasteiger partial charge < -0.3 is 9.47 Å². The highest BCUT2D eigenvalue weighted by Gasteiger charge is 2.48. The van der Waals surface area contributed by atoms with Gasteiger partial charge >= 0.3 is 12.2 Å². The fourth-order valence-corrected chi connectivity index (χ4v) is 4.10. The number of halogens is 5. The average molecular weight is 445 g/mol. The number of hydrogen-bond acceptors (Lipinski definition) is 6. The average Bonchev–Trinajstić information content (AvgIpc) is 3.11. The molecule has 160 valence electrons. The fourth-order valence-electron chi connectivity index (χ4n) is 3.97. The van der Waals surface area contributed by atoms with Crippen LogP contribution in [0.15, 0.2) is 30.5 Å². The zero-order chi connectivity index (χ0) is 21.7. The third kappa shape index (κ3) is 3.93. The van der Waals surface area contributed by atoms with Gasteiger partial charge in [0.05, 0.1) is 10.9 Å². The minimum absolute atomic E-state index is 0.135. The number of nitrogens with zero attached hydrogens (tertiary/aromatic N) is 4. The van der Waals surface area contributed by atoms with E-state index in [1.807, 2.05) is 0 Å². The van der Waals surface area contributed by atoms with E-state index in [4.69, 9.17) is 21.1 Å². The van der Waals surface area contributed by atoms with Crippen molar-refractivity contribution in [1.29, 1.82) is 0 Å². The zero-order valence-electron chi connectivity index (χ0n) is 15.7. The normalized spacial score (nSPS) is 18.8. The van der Waals surface area contributed by atoms with Crippen LogP contribution in [0.2, 0.25) is 5.15 Å². The van der Waals surface area contributed by atoms with Crippen LogP contribution in [0.3, 0.4) is 0 Å². The predicted molar refractivity (Wildman–Crippen MR) is 101 cm³/mol. The molecule has 2 aliphatic heterocycles. The van der Waals surface area contributed by atoms with Crippen molar-refractivity contribution < 1.29 is 27.0 Å². The van der Waals surface area contributed by atoms with Gasteiger partial charge in [0.15, 0.2) is 17.6 Å².